The summed E-state index contributed by atoms with van der Waals surface area (Å²) in [6.07, 6.45) is 7.49. The van der Waals surface area contributed by atoms with Gasteiger partial charge in [-0.2, -0.15) is 0 Å². The minimum absolute atomic E-state index is 0.0175. The SMILES string of the molecule is CC(OC1CCCCCC1N)C(=O)NC1CC1. The van der Waals surface area contributed by atoms with E-state index in [1.54, 1.807) is 0 Å². The van der Waals surface area contributed by atoms with E-state index >= 15 is 0 Å². The topological polar surface area (TPSA) is 64.3 Å². The van der Waals surface area contributed by atoms with Crippen LogP contribution in [-0.4, -0.2) is 30.2 Å². The number of rotatable bonds is 4. The monoisotopic (exact) mass is 240 g/mol. The number of carbonyl (C=O) groups is 1. The summed E-state index contributed by atoms with van der Waals surface area (Å²) in [5.74, 6) is 0.0175. The smallest absolute Gasteiger partial charge is 0.249 e. The number of ether oxygens (including phenoxy) is 1. The Morgan fingerprint density at radius 1 is 1.24 bits per heavy atom. The molecule has 1 amide bonds. The molecular formula is C13H24N2O2. The van der Waals surface area contributed by atoms with Crippen molar-refractivity contribution in [2.24, 2.45) is 5.73 Å². The third-order valence-electron chi connectivity index (χ3n) is 3.68. The molecule has 2 saturated carbocycles. The van der Waals surface area contributed by atoms with E-state index in [0.29, 0.717) is 6.04 Å². The first-order chi connectivity index (χ1) is 8.16. The van der Waals surface area contributed by atoms with E-state index in [0.717, 1.165) is 32.1 Å². The van der Waals surface area contributed by atoms with Gasteiger partial charge in [-0.1, -0.05) is 19.3 Å². The fourth-order valence-corrected chi connectivity index (χ4v) is 2.34. The lowest BCUT2D eigenvalue weighted by atomic mass is 10.1. The highest BCUT2D eigenvalue weighted by Crippen LogP contribution is 2.22. The summed E-state index contributed by atoms with van der Waals surface area (Å²) >= 11 is 0. The van der Waals surface area contributed by atoms with E-state index in [1.165, 1.54) is 12.8 Å². The summed E-state index contributed by atoms with van der Waals surface area (Å²) < 4.78 is 5.84. The number of amides is 1. The van der Waals surface area contributed by atoms with Gasteiger partial charge in [-0.25, -0.2) is 0 Å². The van der Waals surface area contributed by atoms with Crippen molar-refractivity contribution in [1.29, 1.82) is 0 Å². The summed E-state index contributed by atoms with van der Waals surface area (Å²) in [4.78, 5) is 11.8. The zero-order valence-electron chi connectivity index (χ0n) is 10.7. The molecule has 3 unspecified atom stereocenters. The molecule has 4 nitrogen and oxygen atoms in total. The molecule has 2 aliphatic carbocycles. The van der Waals surface area contributed by atoms with Crippen LogP contribution >= 0.6 is 0 Å². The zero-order chi connectivity index (χ0) is 12.3. The molecule has 17 heavy (non-hydrogen) atoms. The maximum Gasteiger partial charge on any atom is 0.249 e. The molecule has 2 aliphatic rings. The lowest BCUT2D eigenvalue weighted by Crippen LogP contribution is -2.43. The number of hydrogen-bond acceptors (Lipinski definition) is 3. The van der Waals surface area contributed by atoms with Crippen LogP contribution in [0.25, 0.3) is 0 Å². The molecule has 0 aromatic carbocycles. The van der Waals surface area contributed by atoms with Gasteiger partial charge < -0.3 is 15.8 Å². The standard InChI is InChI=1S/C13H24N2O2/c1-9(13(16)15-10-7-8-10)17-12-6-4-2-3-5-11(12)14/h9-12H,2-8,14H2,1H3,(H,15,16). The van der Waals surface area contributed by atoms with Gasteiger partial charge in [-0.05, 0) is 32.6 Å². The molecule has 3 N–H and O–H groups in total. The van der Waals surface area contributed by atoms with Gasteiger partial charge >= 0.3 is 0 Å². The van der Waals surface area contributed by atoms with E-state index in [-0.39, 0.29) is 24.2 Å². The molecule has 0 radical (unpaired) electrons. The largest absolute Gasteiger partial charge is 0.364 e. The summed E-state index contributed by atoms with van der Waals surface area (Å²) in [5.41, 5.74) is 6.08. The Balaban J connectivity index is 1.78. The minimum atomic E-state index is -0.371. The molecule has 0 spiro atoms. The van der Waals surface area contributed by atoms with Crippen molar-refractivity contribution in [3.8, 4) is 0 Å². The highest BCUT2D eigenvalue weighted by molar-refractivity contribution is 5.80. The second-order valence-corrected chi connectivity index (χ2v) is 5.40. The van der Waals surface area contributed by atoms with Gasteiger partial charge in [0, 0.05) is 12.1 Å². The van der Waals surface area contributed by atoms with Gasteiger partial charge in [-0.15, -0.1) is 0 Å². The Morgan fingerprint density at radius 3 is 2.65 bits per heavy atom. The Labute approximate surface area is 103 Å². The summed E-state index contributed by atoms with van der Waals surface area (Å²) in [6, 6.07) is 0.491. The number of nitrogens with one attached hydrogen (secondary N) is 1. The quantitative estimate of drug-likeness (QED) is 0.729. The first-order valence-electron chi connectivity index (χ1n) is 6.88. The predicted octanol–water partition coefficient (Wildman–Crippen LogP) is 1.33. The van der Waals surface area contributed by atoms with Crippen molar-refractivity contribution in [2.45, 2.75) is 76.2 Å². The van der Waals surface area contributed by atoms with Crippen LogP contribution in [0.3, 0.4) is 0 Å². The van der Waals surface area contributed by atoms with Crippen molar-refractivity contribution >= 4 is 5.91 Å². The molecular weight excluding hydrogens is 216 g/mol. The summed E-state index contributed by atoms with van der Waals surface area (Å²) in [5, 5.41) is 2.97. The lowest BCUT2D eigenvalue weighted by Gasteiger charge is -2.25. The van der Waals surface area contributed by atoms with E-state index in [4.69, 9.17) is 10.5 Å². The molecule has 2 rings (SSSR count). The second kappa shape index (κ2) is 5.83. The Kier molecular flexibility index (Phi) is 4.40. The van der Waals surface area contributed by atoms with Crippen molar-refractivity contribution in [3.63, 3.8) is 0 Å². The summed E-state index contributed by atoms with van der Waals surface area (Å²) in [7, 11) is 0. The Hall–Kier alpha value is -0.610. The fraction of sp³-hybridized carbons (Fsp3) is 0.923. The van der Waals surface area contributed by atoms with Crippen LogP contribution in [0.2, 0.25) is 0 Å². The maximum absolute atomic E-state index is 11.8. The maximum atomic E-state index is 11.8. The van der Waals surface area contributed by atoms with Crippen molar-refractivity contribution in [3.05, 3.63) is 0 Å². The van der Waals surface area contributed by atoms with Gasteiger partial charge in [0.05, 0.1) is 6.10 Å². The third kappa shape index (κ3) is 3.96. The Bertz CT molecular complexity index is 266. The van der Waals surface area contributed by atoms with Gasteiger partial charge in [0.2, 0.25) is 5.91 Å². The number of carbonyl (C=O) groups excluding carboxylic acids is 1. The molecule has 0 heterocycles. The molecule has 0 saturated heterocycles. The Morgan fingerprint density at radius 2 is 1.94 bits per heavy atom. The van der Waals surface area contributed by atoms with E-state index < -0.39 is 0 Å². The number of hydrogen-bond donors (Lipinski definition) is 2. The molecule has 0 aromatic heterocycles. The minimum Gasteiger partial charge on any atom is -0.364 e. The van der Waals surface area contributed by atoms with E-state index in [2.05, 4.69) is 5.32 Å². The van der Waals surface area contributed by atoms with Crippen molar-refractivity contribution in [2.75, 3.05) is 0 Å². The van der Waals surface area contributed by atoms with Crippen LogP contribution in [0.4, 0.5) is 0 Å². The fourth-order valence-electron chi connectivity index (χ4n) is 2.34. The molecule has 98 valence electrons. The zero-order valence-corrected chi connectivity index (χ0v) is 10.7. The molecule has 0 bridgehead atoms. The second-order valence-electron chi connectivity index (χ2n) is 5.40. The average Bonchev–Trinajstić information content (AvgIpc) is 3.10. The van der Waals surface area contributed by atoms with Crippen LogP contribution < -0.4 is 11.1 Å². The van der Waals surface area contributed by atoms with Gasteiger partial charge in [-0.3, -0.25) is 4.79 Å². The summed E-state index contributed by atoms with van der Waals surface area (Å²) in [6.45, 7) is 1.83. The van der Waals surface area contributed by atoms with Crippen LogP contribution in [-0.2, 0) is 9.53 Å². The highest BCUT2D eigenvalue weighted by atomic mass is 16.5. The van der Waals surface area contributed by atoms with Crippen LogP contribution in [0.1, 0.15) is 51.9 Å². The van der Waals surface area contributed by atoms with Crippen molar-refractivity contribution < 1.29 is 9.53 Å². The first kappa shape index (κ1) is 12.8. The lowest BCUT2D eigenvalue weighted by molar-refractivity contribution is -0.136. The average molecular weight is 240 g/mol. The van der Waals surface area contributed by atoms with Crippen molar-refractivity contribution in [1.82, 2.24) is 5.32 Å². The van der Waals surface area contributed by atoms with Gasteiger partial charge in [0.15, 0.2) is 0 Å². The van der Waals surface area contributed by atoms with Crippen LogP contribution in [0.15, 0.2) is 0 Å². The molecule has 3 atom stereocenters. The van der Waals surface area contributed by atoms with Gasteiger partial charge in [0.25, 0.3) is 0 Å². The predicted molar refractivity (Wildman–Crippen MR) is 66.6 cm³/mol. The molecule has 4 heteroatoms. The molecule has 2 fully saturated rings. The highest BCUT2D eigenvalue weighted by Gasteiger charge is 2.29. The van der Waals surface area contributed by atoms with Crippen LogP contribution in [0.5, 0.6) is 0 Å². The van der Waals surface area contributed by atoms with Gasteiger partial charge in [0.1, 0.15) is 6.10 Å². The molecule has 0 aromatic rings. The third-order valence-corrected chi connectivity index (χ3v) is 3.68. The van der Waals surface area contributed by atoms with E-state index in [9.17, 15) is 4.79 Å². The normalized spacial score (nSPS) is 31.6. The first-order valence-corrected chi connectivity index (χ1v) is 6.88. The number of nitrogens with two attached hydrogens (primary N) is 1. The van der Waals surface area contributed by atoms with E-state index in [1.807, 2.05) is 6.92 Å². The van der Waals surface area contributed by atoms with Crippen LogP contribution in [0, 0.1) is 0 Å². The molecule has 0 aliphatic heterocycles.